The molecule has 1 unspecified atom stereocenters. The van der Waals surface area contributed by atoms with Crippen molar-refractivity contribution in [3.05, 3.63) is 58.9 Å². The molecule has 1 N–H and O–H groups in total. The van der Waals surface area contributed by atoms with Gasteiger partial charge in [0.1, 0.15) is 4.90 Å². The molecule has 24 heavy (non-hydrogen) atoms. The third-order valence-corrected chi connectivity index (χ3v) is 5.80. The molecule has 0 aliphatic carbocycles. The first-order valence-corrected chi connectivity index (χ1v) is 8.98. The molecule has 0 spiro atoms. The zero-order valence-corrected chi connectivity index (χ0v) is 15.1. The van der Waals surface area contributed by atoms with Crippen LogP contribution in [-0.4, -0.2) is 37.7 Å². The fourth-order valence-corrected chi connectivity index (χ4v) is 3.45. The molecule has 128 valence electrons. The van der Waals surface area contributed by atoms with Gasteiger partial charge in [0.2, 0.25) is 10.0 Å². The Hall–Kier alpha value is -1.96. The summed E-state index contributed by atoms with van der Waals surface area (Å²) < 4.78 is 25.6. The largest absolute Gasteiger partial charge is 0.346 e. The summed E-state index contributed by atoms with van der Waals surface area (Å²) in [6.07, 6.45) is 3.28. The van der Waals surface area contributed by atoms with Crippen molar-refractivity contribution in [2.75, 3.05) is 14.1 Å². The van der Waals surface area contributed by atoms with Crippen LogP contribution >= 0.6 is 11.6 Å². The molecule has 1 atom stereocenters. The number of benzene rings is 1. The second-order valence-corrected chi connectivity index (χ2v) is 7.94. The van der Waals surface area contributed by atoms with Crippen LogP contribution in [-0.2, 0) is 10.0 Å². The van der Waals surface area contributed by atoms with E-state index in [2.05, 4.69) is 10.3 Å². The van der Waals surface area contributed by atoms with Crippen LogP contribution in [0, 0.1) is 0 Å². The van der Waals surface area contributed by atoms with E-state index in [1.807, 2.05) is 6.92 Å². The SMILES string of the molecule is CC(NC(=O)c1ccc(Cl)c(S(=O)(=O)N(C)C)c1)c1ccncc1. The number of hydrogen-bond acceptors (Lipinski definition) is 4. The number of carbonyl (C=O) groups excluding carboxylic acids is 1. The van der Waals surface area contributed by atoms with Gasteiger partial charge in [0.25, 0.3) is 5.91 Å². The average Bonchev–Trinajstić information content (AvgIpc) is 2.55. The first kappa shape index (κ1) is 18.4. The van der Waals surface area contributed by atoms with Gasteiger partial charge >= 0.3 is 0 Å². The summed E-state index contributed by atoms with van der Waals surface area (Å²) in [7, 11) is -0.918. The van der Waals surface area contributed by atoms with E-state index in [1.165, 1.54) is 32.3 Å². The first-order valence-electron chi connectivity index (χ1n) is 7.16. The van der Waals surface area contributed by atoms with E-state index >= 15 is 0 Å². The van der Waals surface area contributed by atoms with Gasteiger partial charge in [-0.2, -0.15) is 0 Å². The molecule has 1 aromatic heterocycles. The molecule has 1 aromatic carbocycles. The minimum Gasteiger partial charge on any atom is -0.346 e. The third kappa shape index (κ3) is 3.92. The standard InChI is InChI=1S/C16H18ClN3O3S/c1-11(12-6-8-18-9-7-12)19-16(21)13-4-5-14(17)15(10-13)24(22,23)20(2)3/h4-11H,1-3H3,(H,19,21). The van der Waals surface area contributed by atoms with Gasteiger partial charge in [-0.1, -0.05) is 11.6 Å². The van der Waals surface area contributed by atoms with E-state index in [-0.39, 0.29) is 27.4 Å². The maximum absolute atomic E-state index is 12.4. The Labute approximate surface area is 146 Å². The van der Waals surface area contributed by atoms with E-state index in [1.54, 1.807) is 24.5 Å². The van der Waals surface area contributed by atoms with Crippen molar-refractivity contribution in [2.24, 2.45) is 0 Å². The molecule has 1 heterocycles. The van der Waals surface area contributed by atoms with Crippen LogP contribution in [0.25, 0.3) is 0 Å². The lowest BCUT2D eigenvalue weighted by molar-refractivity contribution is 0.0939. The van der Waals surface area contributed by atoms with Crippen molar-refractivity contribution < 1.29 is 13.2 Å². The zero-order valence-electron chi connectivity index (χ0n) is 13.5. The Balaban J connectivity index is 2.28. The molecule has 0 bridgehead atoms. The molecule has 0 aliphatic heterocycles. The maximum Gasteiger partial charge on any atom is 0.251 e. The number of amides is 1. The van der Waals surface area contributed by atoms with Crippen LogP contribution in [0.3, 0.4) is 0 Å². The number of hydrogen-bond donors (Lipinski definition) is 1. The number of carbonyl (C=O) groups is 1. The van der Waals surface area contributed by atoms with Crippen LogP contribution in [0.5, 0.6) is 0 Å². The van der Waals surface area contributed by atoms with Gasteiger partial charge in [0.05, 0.1) is 11.1 Å². The van der Waals surface area contributed by atoms with Crippen molar-refractivity contribution in [3.8, 4) is 0 Å². The van der Waals surface area contributed by atoms with E-state index in [0.29, 0.717) is 0 Å². The summed E-state index contributed by atoms with van der Waals surface area (Å²) in [5, 5.41) is 2.89. The quantitative estimate of drug-likeness (QED) is 0.880. The highest BCUT2D eigenvalue weighted by Crippen LogP contribution is 2.25. The lowest BCUT2D eigenvalue weighted by Gasteiger charge is -2.16. The maximum atomic E-state index is 12.4. The molecule has 0 fully saturated rings. The van der Waals surface area contributed by atoms with Gasteiger partial charge in [-0.25, -0.2) is 12.7 Å². The highest BCUT2D eigenvalue weighted by molar-refractivity contribution is 7.89. The highest BCUT2D eigenvalue weighted by atomic mass is 35.5. The molecule has 8 heteroatoms. The summed E-state index contributed by atoms with van der Waals surface area (Å²) in [5.41, 5.74) is 1.12. The van der Waals surface area contributed by atoms with Crippen LogP contribution in [0.2, 0.25) is 5.02 Å². The number of aromatic nitrogens is 1. The van der Waals surface area contributed by atoms with Gasteiger partial charge in [-0.05, 0) is 42.8 Å². The summed E-state index contributed by atoms with van der Waals surface area (Å²) in [5.74, 6) is -0.383. The predicted octanol–water partition coefficient (Wildman–Crippen LogP) is 2.48. The van der Waals surface area contributed by atoms with Crippen LogP contribution in [0.4, 0.5) is 0 Å². The fourth-order valence-electron chi connectivity index (χ4n) is 2.05. The number of nitrogens with one attached hydrogen (secondary N) is 1. The second-order valence-electron chi connectivity index (χ2n) is 5.41. The van der Waals surface area contributed by atoms with E-state index in [9.17, 15) is 13.2 Å². The van der Waals surface area contributed by atoms with Crippen molar-refractivity contribution in [2.45, 2.75) is 17.9 Å². The molecule has 2 rings (SSSR count). The summed E-state index contributed by atoms with van der Waals surface area (Å²) >= 11 is 5.99. The predicted molar refractivity (Wildman–Crippen MR) is 92.4 cm³/mol. The topological polar surface area (TPSA) is 79.4 Å². The summed E-state index contributed by atoms with van der Waals surface area (Å²) in [4.78, 5) is 16.2. The fraction of sp³-hybridized carbons (Fsp3) is 0.250. The number of sulfonamides is 1. The summed E-state index contributed by atoms with van der Waals surface area (Å²) in [6, 6.07) is 7.54. The number of nitrogens with zero attached hydrogens (tertiary/aromatic N) is 2. The monoisotopic (exact) mass is 367 g/mol. The smallest absolute Gasteiger partial charge is 0.251 e. The van der Waals surface area contributed by atoms with Gasteiger partial charge in [-0.15, -0.1) is 0 Å². The Kier molecular flexibility index (Phi) is 5.58. The Bertz CT molecular complexity index is 839. The van der Waals surface area contributed by atoms with Gasteiger partial charge in [0.15, 0.2) is 0 Å². The molecular formula is C16H18ClN3O3S. The van der Waals surface area contributed by atoms with Gasteiger partial charge in [0, 0.05) is 32.1 Å². The third-order valence-electron chi connectivity index (χ3n) is 3.51. The Morgan fingerprint density at radius 1 is 1.21 bits per heavy atom. The molecule has 0 saturated carbocycles. The minimum absolute atomic E-state index is 0.0717. The zero-order chi connectivity index (χ0) is 17.9. The van der Waals surface area contributed by atoms with E-state index in [0.717, 1.165) is 9.87 Å². The summed E-state index contributed by atoms with van der Waals surface area (Å²) in [6.45, 7) is 1.83. The number of pyridine rings is 1. The second kappa shape index (κ2) is 7.29. The molecule has 0 saturated heterocycles. The highest BCUT2D eigenvalue weighted by Gasteiger charge is 2.22. The lowest BCUT2D eigenvalue weighted by Crippen LogP contribution is -2.27. The lowest BCUT2D eigenvalue weighted by atomic mass is 10.1. The Morgan fingerprint density at radius 2 is 1.83 bits per heavy atom. The van der Waals surface area contributed by atoms with Crippen molar-refractivity contribution in [1.82, 2.24) is 14.6 Å². The first-order chi connectivity index (χ1) is 11.2. The van der Waals surface area contributed by atoms with E-state index in [4.69, 9.17) is 11.6 Å². The van der Waals surface area contributed by atoms with Crippen molar-refractivity contribution >= 4 is 27.5 Å². The van der Waals surface area contributed by atoms with E-state index < -0.39 is 10.0 Å². The van der Waals surface area contributed by atoms with Gasteiger partial charge < -0.3 is 5.32 Å². The minimum atomic E-state index is -3.73. The van der Waals surface area contributed by atoms with Crippen LogP contribution in [0.15, 0.2) is 47.6 Å². The Morgan fingerprint density at radius 3 is 2.42 bits per heavy atom. The van der Waals surface area contributed by atoms with Gasteiger partial charge in [-0.3, -0.25) is 9.78 Å². The van der Waals surface area contributed by atoms with Crippen LogP contribution in [0.1, 0.15) is 28.9 Å². The normalized spacial score (nSPS) is 12.9. The van der Waals surface area contributed by atoms with Crippen molar-refractivity contribution in [3.63, 3.8) is 0 Å². The molecular weight excluding hydrogens is 350 g/mol. The van der Waals surface area contributed by atoms with Crippen molar-refractivity contribution in [1.29, 1.82) is 0 Å². The molecule has 6 nitrogen and oxygen atoms in total. The molecule has 2 aromatic rings. The molecule has 1 amide bonds. The number of rotatable bonds is 5. The average molecular weight is 368 g/mol. The number of halogens is 1. The molecule has 0 radical (unpaired) electrons. The van der Waals surface area contributed by atoms with Crippen LogP contribution < -0.4 is 5.32 Å². The molecule has 0 aliphatic rings.